The van der Waals surface area contributed by atoms with Gasteiger partial charge in [-0.25, -0.2) is 0 Å². The molecule has 0 spiro atoms. The van der Waals surface area contributed by atoms with Crippen LogP contribution in [0.1, 0.15) is 21.7 Å². The van der Waals surface area contributed by atoms with Gasteiger partial charge in [0.05, 0.1) is 11.3 Å². The van der Waals surface area contributed by atoms with Crippen molar-refractivity contribution in [2.75, 3.05) is 5.32 Å². The van der Waals surface area contributed by atoms with Gasteiger partial charge in [-0.2, -0.15) is 5.10 Å². The summed E-state index contributed by atoms with van der Waals surface area (Å²) in [6.07, 6.45) is 0. The average Bonchev–Trinajstić information content (AvgIpc) is 2.53. The standard InChI is InChI=1S/C13H14IN3O/c1-8-12(9(2)17(3)16-8)13(18)15-11-6-4-5-10(14)7-11/h4-7H,1-3H3,(H,15,18). The van der Waals surface area contributed by atoms with Crippen molar-refractivity contribution in [2.45, 2.75) is 13.8 Å². The molecular formula is C13H14IN3O. The van der Waals surface area contributed by atoms with Gasteiger partial charge in [-0.05, 0) is 54.6 Å². The number of hydrogen-bond donors (Lipinski definition) is 1. The highest BCUT2D eigenvalue weighted by Crippen LogP contribution is 2.17. The van der Waals surface area contributed by atoms with Gasteiger partial charge in [0.25, 0.3) is 5.91 Å². The molecule has 2 aromatic rings. The Morgan fingerprint density at radius 3 is 2.67 bits per heavy atom. The molecule has 0 atom stereocenters. The van der Waals surface area contributed by atoms with Crippen LogP contribution in [0.15, 0.2) is 24.3 Å². The molecule has 0 aliphatic heterocycles. The number of nitrogens with zero attached hydrogens (tertiary/aromatic N) is 2. The Bertz CT molecular complexity index is 604. The lowest BCUT2D eigenvalue weighted by Gasteiger charge is -2.06. The molecule has 2 rings (SSSR count). The lowest BCUT2D eigenvalue weighted by atomic mass is 10.2. The van der Waals surface area contributed by atoms with Crippen molar-refractivity contribution in [2.24, 2.45) is 7.05 Å². The van der Waals surface area contributed by atoms with Gasteiger partial charge >= 0.3 is 0 Å². The lowest BCUT2D eigenvalue weighted by molar-refractivity contribution is 0.102. The molecule has 0 aliphatic carbocycles. The molecule has 0 saturated heterocycles. The number of hydrogen-bond acceptors (Lipinski definition) is 2. The monoisotopic (exact) mass is 355 g/mol. The van der Waals surface area contributed by atoms with E-state index < -0.39 is 0 Å². The van der Waals surface area contributed by atoms with Crippen molar-refractivity contribution in [1.82, 2.24) is 9.78 Å². The molecule has 0 bridgehead atoms. The van der Waals surface area contributed by atoms with Crippen LogP contribution in [-0.4, -0.2) is 15.7 Å². The number of aromatic nitrogens is 2. The average molecular weight is 355 g/mol. The minimum absolute atomic E-state index is 0.111. The van der Waals surface area contributed by atoms with Crippen LogP contribution >= 0.6 is 22.6 Å². The maximum absolute atomic E-state index is 12.2. The molecule has 0 radical (unpaired) electrons. The van der Waals surface area contributed by atoms with Gasteiger partial charge in [0.1, 0.15) is 0 Å². The molecule has 18 heavy (non-hydrogen) atoms. The summed E-state index contributed by atoms with van der Waals surface area (Å²) < 4.78 is 2.81. The molecule has 1 heterocycles. The minimum atomic E-state index is -0.111. The minimum Gasteiger partial charge on any atom is -0.322 e. The molecule has 0 fully saturated rings. The zero-order valence-electron chi connectivity index (χ0n) is 10.5. The van der Waals surface area contributed by atoms with Crippen molar-refractivity contribution in [3.63, 3.8) is 0 Å². The number of halogens is 1. The molecule has 94 valence electrons. The number of aryl methyl sites for hydroxylation is 2. The normalized spacial score (nSPS) is 10.4. The van der Waals surface area contributed by atoms with E-state index in [0.29, 0.717) is 5.56 Å². The van der Waals surface area contributed by atoms with Gasteiger partial charge < -0.3 is 5.32 Å². The smallest absolute Gasteiger partial charge is 0.259 e. The fourth-order valence-corrected chi connectivity index (χ4v) is 2.41. The number of amides is 1. The number of anilines is 1. The fourth-order valence-electron chi connectivity index (χ4n) is 1.86. The van der Waals surface area contributed by atoms with Gasteiger partial charge in [0, 0.05) is 22.0 Å². The lowest BCUT2D eigenvalue weighted by Crippen LogP contribution is -2.14. The van der Waals surface area contributed by atoms with E-state index in [1.807, 2.05) is 45.2 Å². The topological polar surface area (TPSA) is 46.9 Å². The fraction of sp³-hybridized carbons (Fsp3) is 0.231. The number of nitrogens with one attached hydrogen (secondary N) is 1. The van der Waals surface area contributed by atoms with Crippen molar-refractivity contribution in [1.29, 1.82) is 0 Å². The molecule has 5 heteroatoms. The molecule has 1 aromatic heterocycles. The zero-order chi connectivity index (χ0) is 13.3. The summed E-state index contributed by atoms with van der Waals surface area (Å²) in [6.45, 7) is 3.74. The van der Waals surface area contributed by atoms with Crippen LogP contribution in [0.2, 0.25) is 0 Å². The molecule has 0 saturated carbocycles. The molecule has 1 aromatic carbocycles. The number of rotatable bonds is 2. The third-order valence-electron chi connectivity index (χ3n) is 2.82. The van der Waals surface area contributed by atoms with Crippen LogP contribution in [-0.2, 0) is 7.05 Å². The van der Waals surface area contributed by atoms with Gasteiger partial charge in [-0.1, -0.05) is 6.07 Å². The maximum atomic E-state index is 12.2. The predicted octanol–water partition coefficient (Wildman–Crippen LogP) is 2.89. The molecule has 1 amide bonds. The van der Waals surface area contributed by atoms with E-state index in [-0.39, 0.29) is 5.91 Å². The summed E-state index contributed by atoms with van der Waals surface area (Å²) in [7, 11) is 1.84. The Morgan fingerprint density at radius 2 is 2.11 bits per heavy atom. The molecular weight excluding hydrogens is 341 g/mol. The zero-order valence-corrected chi connectivity index (χ0v) is 12.6. The van der Waals surface area contributed by atoms with Crippen LogP contribution in [0.5, 0.6) is 0 Å². The van der Waals surface area contributed by atoms with Crippen molar-refractivity contribution < 1.29 is 4.79 Å². The highest BCUT2D eigenvalue weighted by molar-refractivity contribution is 14.1. The summed E-state index contributed by atoms with van der Waals surface area (Å²) in [6, 6.07) is 7.71. The van der Waals surface area contributed by atoms with E-state index in [0.717, 1.165) is 20.6 Å². The molecule has 0 unspecified atom stereocenters. The van der Waals surface area contributed by atoms with Crippen molar-refractivity contribution in [3.8, 4) is 0 Å². The van der Waals surface area contributed by atoms with Crippen LogP contribution in [0.3, 0.4) is 0 Å². The van der Waals surface area contributed by atoms with Gasteiger partial charge in [-0.15, -0.1) is 0 Å². The predicted molar refractivity (Wildman–Crippen MR) is 79.8 cm³/mol. The van der Waals surface area contributed by atoms with Gasteiger partial charge in [0.15, 0.2) is 0 Å². The quantitative estimate of drug-likeness (QED) is 0.843. The Hall–Kier alpha value is -1.37. The second kappa shape index (κ2) is 5.09. The van der Waals surface area contributed by atoms with E-state index in [4.69, 9.17) is 0 Å². The molecule has 1 N–H and O–H groups in total. The number of benzene rings is 1. The summed E-state index contributed by atoms with van der Waals surface area (Å²) in [5.41, 5.74) is 3.07. The summed E-state index contributed by atoms with van der Waals surface area (Å²) in [4.78, 5) is 12.2. The summed E-state index contributed by atoms with van der Waals surface area (Å²) >= 11 is 2.22. The Balaban J connectivity index is 2.27. The first-order valence-corrected chi connectivity index (χ1v) is 6.64. The molecule has 0 aliphatic rings. The van der Waals surface area contributed by atoms with Crippen molar-refractivity contribution >= 4 is 34.2 Å². The van der Waals surface area contributed by atoms with E-state index in [9.17, 15) is 4.79 Å². The first-order chi connectivity index (χ1) is 8.49. The van der Waals surface area contributed by atoms with E-state index in [1.54, 1.807) is 4.68 Å². The second-order valence-corrected chi connectivity index (χ2v) is 5.38. The third-order valence-corrected chi connectivity index (χ3v) is 3.49. The first kappa shape index (κ1) is 13.1. The Labute approximate surface area is 120 Å². The highest BCUT2D eigenvalue weighted by atomic mass is 127. The maximum Gasteiger partial charge on any atom is 0.259 e. The largest absolute Gasteiger partial charge is 0.322 e. The third kappa shape index (κ3) is 2.55. The van der Waals surface area contributed by atoms with Gasteiger partial charge in [-0.3, -0.25) is 9.48 Å². The number of carbonyl (C=O) groups is 1. The van der Waals surface area contributed by atoms with E-state index in [1.165, 1.54) is 0 Å². The Kier molecular flexibility index (Phi) is 3.70. The second-order valence-electron chi connectivity index (χ2n) is 4.13. The summed E-state index contributed by atoms with van der Waals surface area (Å²) in [5.74, 6) is -0.111. The van der Waals surface area contributed by atoms with Crippen LogP contribution in [0, 0.1) is 17.4 Å². The van der Waals surface area contributed by atoms with Crippen LogP contribution in [0.4, 0.5) is 5.69 Å². The SMILES string of the molecule is Cc1nn(C)c(C)c1C(=O)Nc1cccc(I)c1. The molecule has 4 nitrogen and oxygen atoms in total. The number of carbonyl (C=O) groups excluding carboxylic acids is 1. The first-order valence-electron chi connectivity index (χ1n) is 5.56. The van der Waals surface area contributed by atoms with Crippen molar-refractivity contribution in [3.05, 3.63) is 44.8 Å². The van der Waals surface area contributed by atoms with E-state index in [2.05, 4.69) is 33.0 Å². The van der Waals surface area contributed by atoms with E-state index >= 15 is 0 Å². The van der Waals surface area contributed by atoms with Crippen LogP contribution < -0.4 is 5.32 Å². The summed E-state index contributed by atoms with van der Waals surface area (Å²) in [5, 5.41) is 7.14. The highest BCUT2D eigenvalue weighted by Gasteiger charge is 2.17. The van der Waals surface area contributed by atoms with Crippen LogP contribution in [0.25, 0.3) is 0 Å². The Morgan fingerprint density at radius 1 is 1.39 bits per heavy atom. The van der Waals surface area contributed by atoms with Gasteiger partial charge in [0.2, 0.25) is 0 Å².